The third-order valence-electron chi connectivity index (χ3n) is 2.90. The first-order valence-electron chi connectivity index (χ1n) is 6.83. The van der Waals surface area contributed by atoms with Gasteiger partial charge in [0.1, 0.15) is 17.7 Å². The van der Waals surface area contributed by atoms with E-state index >= 15 is 0 Å². The average Bonchev–Trinajstić information content (AvgIpc) is 2.46. The van der Waals surface area contributed by atoms with Crippen molar-refractivity contribution in [1.82, 2.24) is 5.32 Å². The van der Waals surface area contributed by atoms with E-state index < -0.39 is 29.6 Å². The summed E-state index contributed by atoms with van der Waals surface area (Å²) in [6.07, 6.45) is 0. The van der Waals surface area contributed by atoms with Crippen LogP contribution < -0.4 is 16.0 Å². The maximum Gasteiger partial charge on any atom is 0.319 e. The molecular weight excluding hydrogens is 304 g/mol. The lowest BCUT2D eigenvalue weighted by atomic mass is 10.2. The minimum absolute atomic E-state index is 0.0235. The minimum atomic E-state index is -0.898. The molecule has 0 spiro atoms. The Morgan fingerprint density at radius 3 is 2.13 bits per heavy atom. The maximum atomic E-state index is 13.1. The van der Waals surface area contributed by atoms with Crippen LogP contribution in [0.1, 0.15) is 6.92 Å². The normalized spacial score (nSPS) is 11.4. The number of para-hydroxylation sites is 1. The van der Waals surface area contributed by atoms with Gasteiger partial charge in [0.25, 0.3) is 0 Å². The Bertz CT molecular complexity index is 687. The van der Waals surface area contributed by atoms with E-state index in [1.54, 1.807) is 30.3 Å². The molecule has 1 unspecified atom stereocenters. The molecule has 0 radical (unpaired) electrons. The fourth-order valence-electron chi connectivity index (χ4n) is 1.83. The number of nitrogens with one attached hydrogen (secondary N) is 3. The summed E-state index contributed by atoms with van der Waals surface area (Å²) >= 11 is 0. The lowest BCUT2D eigenvalue weighted by Gasteiger charge is -2.15. The molecule has 0 bridgehead atoms. The third-order valence-corrected chi connectivity index (χ3v) is 2.90. The van der Waals surface area contributed by atoms with Crippen molar-refractivity contribution in [3.63, 3.8) is 0 Å². The van der Waals surface area contributed by atoms with Crippen LogP contribution in [0.3, 0.4) is 0 Å². The molecule has 3 N–H and O–H groups in total. The molecule has 0 fully saturated rings. The standard InChI is InChI=1S/C16H15F2N3O2/c1-10(19-16(23)21-13-5-3-2-4-6-13)15(22)20-14-8-11(17)7-12(18)9-14/h2-10H,1H3,(H,20,22)(H2,19,21,23). The van der Waals surface area contributed by atoms with Crippen molar-refractivity contribution in [2.24, 2.45) is 0 Å². The topological polar surface area (TPSA) is 70.2 Å². The monoisotopic (exact) mass is 319 g/mol. The van der Waals surface area contributed by atoms with Gasteiger partial charge in [0, 0.05) is 17.4 Å². The van der Waals surface area contributed by atoms with Gasteiger partial charge in [-0.3, -0.25) is 4.79 Å². The van der Waals surface area contributed by atoms with Gasteiger partial charge in [0.2, 0.25) is 5.91 Å². The summed E-state index contributed by atoms with van der Waals surface area (Å²) in [5.74, 6) is -2.20. The molecule has 2 rings (SSSR count). The van der Waals surface area contributed by atoms with E-state index in [9.17, 15) is 18.4 Å². The van der Waals surface area contributed by atoms with Crippen LogP contribution >= 0.6 is 0 Å². The summed E-state index contributed by atoms with van der Waals surface area (Å²) in [6.45, 7) is 1.45. The van der Waals surface area contributed by atoms with E-state index in [0.29, 0.717) is 11.8 Å². The number of benzene rings is 2. The average molecular weight is 319 g/mol. The number of carbonyl (C=O) groups is 2. The van der Waals surface area contributed by atoms with Gasteiger partial charge in [-0.1, -0.05) is 18.2 Å². The van der Waals surface area contributed by atoms with Crippen LogP contribution in [0.5, 0.6) is 0 Å². The van der Waals surface area contributed by atoms with Gasteiger partial charge >= 0.3 is 6.03 Å². The highest BCUT2D eigenvalue weighted by Gasteiger charge is 2.16. The maximum absolute atomic E-state index is 13.1. The Hall–Kier alpha value is -2.96. The summed E-state index contributed by atoms with van der Waals surface area (Å²) in [5.41, 5.74) is 0.550. The van der Waals surface area contributed by atoms with Crippen LogP contribution in [0.25, 0.3) is 0 Å². The van der Waals surface area contributed by atoms with Crippen LogP contribution in [0.2, 0.25) is 0 Å². The number of halogens is 2. The number of anilines is 2. The first-order valence-corrected chi connectivity index (χ1v) is 6.83. The quantitative estimate of drug-likeness (QED) is 0.810. The summed E-state index contributed by atoms with van der Waals surface area (Å²) < 4.78 is 26.1. The number of rotatable bonds is 4. The molecule has 2 aromatic carbocycles. The van der Waals surface area contributed by atoms with E-state index in [1.165, 1.54) is 6.92 Å². The van der Waals surface area contributed by atoms with Crippen molar-refractivity contribution in [1.29, 1.82) is 0 Å². The summed E-state index contributed by atoms with van der Waals surface area (Å²) in [4.78, 5) is 23.7. The molecule has 120 valence electrons. The number of hydrogen-bond acceptors (Lipinski definition) is 2. The SMILES string of the molecule is CC(NC(=O)Nc1ccccc1)C(=O)Nc1cc(F)cc(F)c1. The molecule has 7 heteroatoms. The molecule has 0 saturated heterocycles. The van der Waals surface area contributed by atoms with E-state index in [4.69, 9.17) is 0 Å². The number of hydrogen-bond donors (Lipinski definition) is 3. The Kier molecular flexibility index (Phi) is 5.24. The molecule has 5 nitrogen and oxygen atoms in total. The summed E-state index contributed by atoms with van der Waals surface area (Å²) in [6, 6.07) is 9.90. The van der Waals surface area contributed by atoms with E-state index in [1.807, 2.05) is 0 Å². The smallest absolute Gasteiger partial charge is 0.319 e. The zero-order valence-electron chi connectivity index (χ0n) is 12.3. The highest BCUT2D eigenvalue weighted by Crippen LogP contribution is 2.13. The van der Waals surface area contributed by atoms with E-state index in [0.717, 1.165) is 12.1 Å². The number of amides is 3. The van der Waals surface area contributed by atoms with Crippen molar-refractivity contribution in [2.45, 2.75) is 13.0 Å². The van der Waals surface area contributed by atoms with Crippen LogP contribution in [0, 0.1) is 11.6 Å². The molecule has 0 saturated carbocycles. The van der Waals surface area contributed by atoms with Crippen LogP contribution in [-0.4, -0.2) is 18.0 Å². The fraction of sp³-hybridized carbons (Fsp3) is 0.125. The lowest BCUT2D eigenvalue weighted by molar-refractivity contribution is -0.117. The molecule has 3 amide bonds. The molecule has 0 aliphatic carbocycles. The molecule has 1 atom stereocenters. The third kappa shape index (κ3) is 5.06. The first-order chi connectivity index (χ1) is 10.9. The van der Waals surface area contributed by atoms with Gasteiger partial charge in [0.15, 0.2) is 0 Å². The molecule has 23 heavy (non-hydrogen) atoms. The minimum Gasteiger partial charge on any atom is -0.326 e. The second-order valence-electron chi connectivity index (χ2n) is 4.83. The van der Waals surface area contributed by atoms with E-state index in [-0.39, 0.29) is 5.69 Å². The van der Waals surface area contributed by atoms with Crippen LogP contribution in [0.4, 0.5) is 25.0 Å². The second-order valence-corrected chi connectivity index (χ2v) is 4.83. The van der Waals surface area contributed by atoms with Gasteiger partial charge in [-0.2, -0.15) is 0 Å². The zero-order chi connectivity index (χ0) is 16.8. The Balaban J connectivity index is 1.90. The van der Waals surface area contributed by atoms with Gasteiger partial charge in [0.05, 0.1) is 0 Å². The van der Waals surface area contributed by atoms with Gasteiger partial charge in [-0.15, -0.1) is 0 Å². The van der Waals surface area contributed by atoms with Crippen LogP contribution in [-0.2, 0) is 4.79 Å². The molecule has 0 aromatic heterocycles. The summed E-state index contributed by atoms with van der Waals surface area (Å²) in [7, 11) is 0. The molecule has 0 aliphatic heterocycles. The molecule has 0 aliphatic rings. The molecule has 0 heterocycles. The van der Waals surface area contributed by atoms with Crippen molar-refractivity contribution in [3.05, 3.63) is 60.2 Å². The zero-order valence-corrected chi connectivity index (χ0v) is 12.3. The highest BCUT2D eigenvalue weighted by atomic mass is 19.1. The van der Waals surface area contributed by atoms with Crippen LogP contribution in [0.15, 0.2) is 48.5 Å². The van der Waals surface area contributed by atoms with Crippen molar-refractivity contribution >= 4 is 23.3 Å². The van der Waals surface area contributed by atoms with Gasteiger partial charge in [-0.25, -0.2) is 13.6 Å². The highest BCUT2D eigenvalue weighted by molar-refractivity contribution is 5.98. The predicted molar refractivity (Wildman–Crippen MR) is 83.0 cm³/mol. The summed E-state index contributed by atoms with van der Waals surface area (Å²) in [5, 5.41) is 7.32. The lowest BCUT2D eigenvalue weighted by Crippen LogP contribution is -2.43. The van der Waals surface area contributed by atoms with E-state index in [2.05, 4.69) is 16.0 Å². The van der Waals surface area contributed by atoms with Crippen molar-refractivity contribution in [2.75, 3.05) is 10.6 Å². The van der Waals surface area contributed by atoms with Crippen molar-refractivity contribution < 1.29 is 18.4 Å². The second kappa shape index (κ2) is 7.35. The van der Waals surface area contributed by atoms with Gasteiger partial charge < -0.3 is 16.0 Å². The number of urea groups is 1. The largest absolute Gasteiger partial charge is 0.326 e. The Morgan fingerprint density at radius 1 is 0.913 bits per heavy atom. The first kappa shape index (κ1) is 16.4. The molecule has 2 aromatic rings. The van der Waals surface area contributed by atoms with Gasteiger partial charge in [-0.05, 0) is 31.2 Å². The number of carbonyl (C=O) groups excluding carboxylic acids is 2. The fourth-order valence-corrected chi connectivity index (χ4v) is 1.83. The Morgan fingerprint density at radius 2 is 1.52 bits per heavy atom. The van der Waals surface area contributed by atoms with Crippen molar-refractivity contribution in [3.8, 4) is 0 Å². The Labute approximate surface area is 131 Å². The molecular formula is C16H15F2N3O2. The predicted octanol–water partition coefficient (Wildman–Crippen LogP) is 3.11.